The third-order valence-corrected chi connectivity index (χ3v) is 9.94. The van der Waals surface area contributed by atoms with Gasteiger partial charge in [-0.2, -0.15) is 0 Å². The summed E-state index contributed by atoms with van der Waals surface area (Å²) in [5, 5.41) is 8.24. The first kappa shape index (κ1) is 40.4. The van der Waals surface area contributed by atoms with Crippen LogP contribution in [0.25, 0.3) is 6.08 Å². The fraction of sp³-hybridized carbons (Fsp3) is 0.559. The average Bonchev–Trinajstić information content (AvgIpc) is 3.70. The van der Waals surface area contributed by atoms with E-state index in [9.17, 15) is 24.0 Å². The Hall–Kier alpha value is -4.02. The van der Waals surface area contributed by atoms with Gasteiger partial charge in [-0.25, -0.2) is 0 Å². The second-order valence-electron chi connectivity index (χ2n) is 12.5. The molecule has 11 N–H and O–H groups in total. The molecule has 3 atom stereocenters. The molecule has 0 unspecified atom stereocenters. The monoisotopic (exact) mass is 729 g/mol. The number of amides is 5. The topological polar surface area (TPSA) is 241 Å². The second-order valence-corrected chi connectivity index (χ2v) is 14.2. The first-order valence-electron chi connectivity index (χ1n) is 17.3. The van der Waals surface area contributed by atoms with Crippen LogP contribution in [0, 0.1) is 0 Å². The Morgan fingerprint density at radius 2 is 1.60 bits per heavy atom. The molecule has 14 nitrogen and oxygen atoms in total. The van der Waals surface area contributed by atoms with E-state index in [1.54, 1.807) is 35.2 Å². The molecule has 16 heteroatoms. The van der Waals surface area contributed by atoms with E-state index in [2.05, 4.69) is 20.9 Å². The van der Waals surface area contributed by atoms with Crippen molar-refractivity contribution in [3.8, 4) is 0 Å². The van der Waals surface area contributed by atoms with Crippen molar-refractivity contribution in [2.24, 2.45) is 27.9 Å². The molecular weight excluding hydrogens is 679 g/mol. The number of hydrogen-bond acceptors (Lipinski definition) is 9. The number of benzene rings is 1. The highest BCUT2D eigenvalue weighted by Crippen LogP contribution is 2.37. The van der Waals surface area contributed by atoms with E-state index in [1.165, 1.54) is 11.8 Å². The van der Waals surface area contributed by atoms with Gasteiger partial charge in [0.2, 0.25) is 17.7 Å². The van der Waals surface area contributed by atoms with Gasteiger partial charge in [0.1, 0.15) is 22.4 Å². The van der Waals surface area contributed by atoms with Gasteiger partial charge in [0.05, 0.1) is 4.91 Å². The lowest BCUT2D eigenvalue weighted by Crippen LogP contribution is -2.56. The highest BCUT2D eigenvalue weighted by Gasteiger charge is 2.38. The molecule has 50 heavy (non-hydrogen) atoms. The van der Waals surface area contributed by atoms with Gasteiger partial charge < -0.3 is 38.9 Å². The number of unbranched alkanes of at least 4 members (excludes halogenated alkanes) is 2. The molecule has 1 saturated heterocycles. The van der Waals surface area contributed by atoms with Gasteiger partial charge >= 0.3 is 0 Å². The van der Waals surface area contributed by atoms with Gasteiger partial charge in [0.25, 0.3) is 11.8 Å². The Morgan fingerprint density at radius 1 is 0.960 bits per heavy atom. The van der Waals surface area contributed by atoms with Crippen LogP contribution in [-0.4, -0.2) is 82.0 Å². The Bertz CT molecular complexity index is 1440. The molecule has 1 aromatic carbocycles. The normalized spacial score (nSPS) is 17.3. The standard InChI is InChI=1S/C34H51N9O5S2/c1-2-3-14-24(28(36)44)40-30(46)25(15-6-7-17-35)42-31(47)26(16-9-18-39-33(37)38)41-29(45)22-11-8-10-21(19-22)20-27-32(48)43(34(49)50-27)23-12-4-5-13-23/h8,10-11,19-20,23-26H,2-7,9,12-18,35H2,1H3,(H2,36,44)(H,40,46)(H,41,45)(H,42,47)(H4,37,38,39)/b27-20-/t24-,25-,26-/m0/s1. The second kappa shape index (κ2) is 20.6. The van der Waals surface area contributed by atoms with Crippen molar-refractivity contribution in [1.29, 1.82) is 0 Å². The number of hydrogen-bond donors (Lipinski definition) is 7. The van der Waals surface area contributed by atoms with Crippen LogP contribution in [0.4, 0.5) is 0 Å². The van der Waals surface area contributed by atoms with Crippen molar-refractivity contribution in [3.05, 3.63) is 40.3 Å². The molecular formula is C34H51N9O5S2. The molecule has 1 saturated carbocycles. The summed E-state index contributed by atoms with van der Waals surface area (Å²) in [5.74, 6) is -2.56. The zero-order valence-electron chi connectivity index (χ0n) is 28.7. The maximum Gasteiger partial charge on any atom is 0.266 e. The van der Waals surface area contributed by atoms with E-state index >= 15 is 0 Å². The summed E-state index contributed by atoms with van der Waals surface area (Å²) in [6.45, 7) is 2.58. The number of carbonyl (C=O) groups excluding carboxylic acids is 5. The molecule has 3 rings (SSSR count). The van der Waals surface area contributed by atoms with E-state index in [0.29, 0.717) is 53.4 Å². The fourth-order valence-corrected chi connectivity index (χ4v) is 7.29. The molecule has 0 aromatic heterocycles. The highest BCUT2D eigenvalue weighted by atomic mass is 32.2. The van der Waals surface area contributed by atoms with Gasteiger partial charge in [-0.15, -0.1) is 0 Å². The minimum Gasteiger partial charge on any atom is -0.370 e. The Kier molecular flexibility index (Phi) is 16.7. The van der Waals surface area contributed by atoms with Crippen LogP contribution in [-0.2, 0) is 19.2 Å². The number of nitrogens with zero attached hydrogens (tertiary/aromatic N) is 2. The van der Waals surface area contributed by atoms with Crippen LogP contribution in [0.3, 0.4) is 0 Å². The zero-order chi connectivity index (χ0) is 36.6. The highest BCUT2D eigenvalue weighted by molar-refractivity contribution is 8.26. The van der Waals surface area contributed by atoms with Gasteiger partial charge in [-0.1, -0.05) is 68.7 Å². The molecule has 0 spiro atoms. The largest absolute Gasteiger partial charge is 0.370 e. The minimum absolute atomic E-state index is 0.101. The summed E-state index contributed by atoms with van der Waals surface area (Å²) < 4.78 is 0.540. The first-order valence-corrected chi connectivity index (χ1v) is 18.5. The van der Waals surface area contributed by atoms with E-state index in [4.69, 9.17) is 35.2 Å². The van der Waals surface area contributed by atoms with Gasteiger partial charge in [0.15, 0.2) is 5.96 Å². The number of thiocarbonyl (C=S) groups is 1. The predicted molar refractivity (Wildman–Crippen MR) is 200 cm³/mol. The quantitative estimate of drug-likeness (QED) is 0.0337. The van der Waals surface area contributed by atoms with E-state index < -0.39 is 41.8 Å². The lowest BCUT2D eigenvalue weighted by molar-refractivity contribution is -0.132. The average molecular weight is 730 g/mol. The number of thioether (sulfide) groups is 1. The number of guanidine groups is 1. The van der Waals surface area contributed by atoms with Crippen molar-refractivity contribution in [1.82, 2.24) is 20.9 Å². The SMILES string of the molecule is CCCC[C@H](NC(=O)[C@H](CCCCN)NC(=O)[C@H](CCCN=C(N)N)NC(=O)c1cccc(/C=C2\SC(=S)N(C3CCCC3)C2=O)c1)C(N)=O. The number of carbonyl (C=O) groups is 5. The summed E-state index contributed by atoms with van der Waals surface area (Å²) in [6.07, 6.45) is 9.52. The van der Waals surface area contributed by atoms with Gasteiger partial charge in [-0.3, -0.25) is 33.9 Å². The number of nitrogens with two attached hydrogens (primary N) is 4. The summed E-state index contributed by atoms with van der Waals surface area (Å²) in [6, 6.07) is 3.90. The van der Waals surface area contributed by atoms with Crippen molar-refractivity contribution in [2.45, 2.75) is 108 Å². The van der Waals surface area contributed by atoms with Gasteiger partial charge in [-0.05, 0) is 81.7 Å². The summed E-state index contributed by atoms with van der Waals surface area (Å²) in [5.41, 5.74) is 23.0. The molecule has 5 amide bonds. The Balaban J connectivity index is 1.78. The summed E-state index contributed by atoms with van der Waals surface area (Å²) >= 11 is 6.77. The van der Waals surface area contributed by atoms with Crippen LogP contribution in [0.2, 0.25) is 0 Å². The third-order valence-electron chi connectivity index (χ3n) is 8.61. The molecule has 1 aliphatic carbocycles. The fourth-order valence-electron chi connectivity index (χ4n) is 5.89. The van der Waals surface area contributed by atoms with Crippen molar-refractivity contribution >= 4 is 69.9 Å². The lowest BCUT2D eigenvalue weighted by atomic mass is 10.0. The van der Waals surface area contributed by atoms with Crippen LogP contribution in [0.15, 0.2) is 34.2 Å². The summed E-state index contributed by atoms with van der Waals surface area (Å²) in [7, 11) is 0. The first-order chi connectivity index (χ1) is 23.9. The Morgan fingerprint density at radius 3 is 2.24 bits per heavy atom. The van der Waals surface area contributed by atoms with Crippen LogP contribution >= 0.6 is 24.0 Å². The minimum atomic E-state index is -1.06. The third kappa shape index (κ3) is 12.4. The maximum atomic E-state index is 13.7. The molecule has 1 aromatic rings. The smallest absolute Gasteiger partial charge is 0.266 e. The molecule has 2 fully saturated rings. The number of primary amides is 1. The number of rotatable bonds is 20. The molecule has 0 bridgehead atoms. The Labute approximate surface area is 303 Å². The molecule has 274 valence electrons. The van der Waals surface area contributed by atoms with E-state index in [1.807, 2.05) is 6.92 Å². The van der Waals surface area contributed by atoms with Crippen molar-refractivity contribution < 1.29 is 24.0 Å². The van der Waals surface area contributed by atoms with Crippen molar-refractivity contribution in [3.63, 3.8) is 0 Å². The van der Waals surface area contributed by atoms with E-state index in [0.717, 1.165) is 32.1 Å². The number of aliphatic imine (C=N–C) groups is 1. The molecule has 2 aliphatic rings. The predicted octanol–water partition coefficient (Wildman–Crippen LogP) is 1.76. The summed E-state index contributed by atoms with van der Waals surface area (Å²) in [4.78, 5) is 72.0. The van der Waals surface area contributed by atoms with E-state index in [-0.39, 0.29) is 42.9 Å². The van der Waals surface area contributed by atoms with Gasteiger partial charge in [0, 0.05) is 18.2 Å². The zero-order valence-corrected chi connectivity index (χ0v) is 30.3. The molecule has 1 aliphatic heterocycles. The molecule has 0 radical (unpaired) electrons. The molecule has 1 heterocycles. The lowest BCUT2D eigenvalue weighted by Gasteiger charge is -2.25. The van der Waals surface area contributed by atoms with Crippen molar-refractivity contribution in [2.75, 3.05) is 13.1 Å². The van der Waals surface area contributed by atoms with Crippen LogP contribution < -0.4 is 38.9 Å². The maximum absolute atomic E-state index is 13.7. The van der Waals surface area contributed by atoms with Crippen LogP contribution in [0.5, 0.6) is 0 Å². The number of nitrogens with one attached hydrogen (secondary N) is 3. The van der Waals surface area contributed by atoms with Crippen LogP contribution in [0.1, 0.15) is 99.9 Å².